The first-order chi connectivity index (χ1) is 10.5. The molecular weight excluding hydrogens is 268 g/mol. The van der Waals surface area contributed by atoms with Crippen LogP contribution in [0.15, 0.2) is 4.99 Å². The standard InChI is InChI=1S/C20H39N2/c1-5-8-19(9-6-2)10-12-20(13-11-19)14-17-22(4,18-20)16-7-15-21-3/h15H,5-14,16-18H2,1-4H3/q+1. The second kappa shape index (κ2) is 7.47. The van der Waals surface area contributed by atoms with Crippen LogP contribution in [0.3, 0.4) is 0 Å². The topological polar surface area (TPSA) is 12.4 Å². The van der Waals surface area contributed by atoms with Crippen molar-refractivity contribution in [1.29, 1.82) is 0 Å². The summed E-state index contributed by atoms with van der Waals surface area (Å²) in [5.74, 6) is 0. The van der Waals surface area contributed by atoms with Gasteiger partial charge in [0.2, 0.25) is 0 Å². The van der Waals surface area contributed by atoms with Crippen molar-refractivity contribution in [2.45, 2.75) is 78.1 Å². The van der Waals surface area contributed by atoms with E-state index in [-0.39, 0.29) is 0 Å². The molecule has 22 heavy (non-hydrogen) atoms. The number of nitrogens with zero attached hydrogens (tertiary/aromatic N) is 2. The Morgan fingerprint density at radius 2 is 1.64 bits per heavy atom. The van der Waals surface area contributed by atoms with Crippen LogP contribution in [0.1, 0.15) is 78.1 Å². The van der Waals surface area contributed by atoms with Gasteiger partial charge in [-0.3, -0.25) is 0 Å². The minimum atomic E-state index is 0.684. The molecule has 1 aliphatic carbocycles. The van der Waals surface area contributed by atoms with Crippen LogP contribution < -0.4 is 0 Å². The SMILES string of the molecule is CCCC1(CCC)CCC2(CC1)CC[N+](C)(CCC=NC)C2. The van der Waals surface area contributed by atoms with Crippen LogP contribution in [0.25, 0.3) is 0 Å². The zero-order valence-corrected chi connectivity index (χ0v) is 15.7. The van der Waals surface area contributed by atoms with E-state index in [9.17, 15) is 0 Å². The van der Waals surface area contributed by atoms with Crippen molar-refractivity contribution in [3.05, 3.63) is 0 Å². The Kier molecular flexibility index (Phi) is 6.10. The molecule has 1 saturated heterocycles. The van der Waals surface area contributed by atoms with Gasteiger partial charge in [0.15, 0.2) is 0 Å². The normalized spacial score (nSPS) is 30.4. The fourth-order valence-corrected chi connectivity index (χ4v) is 5.57. The molecule has 1 heterocycles. The Morgan fingerprint density at radius 1 is 1.00 bits per heavy atom. The highest BCUT2D eigenvalue weighted by molar-refractivity contribution is 5.56. The molecule has 2 heteroatoms. The molecule has 0 radical (unpaired) electrons. The number of likely N-dealkylation sites (tertiary alicyclic amines) is 1. The number of quaternary nitrogens is 1. The molecule has 2 nitrogen and oxygen atoms in total. The molecule has 0 N–H and O–H groups in total. The van der Waals surface area contributed by atoms with E-state index in [1.54, 1.807) is 0 Å². The fourth-order valence-electron chi connectivity index (χ4n) is 5.57. The van der Waals surface area contributed by atoms with E-state index in [1.807, 2.05) is 7.05 Å². The number of rotatable bonds is 7. The summed E-state index contributed by atoms with van der Waals surface area (Å²) < 4.78 is 1.29. The largest absolute Gasteiger partial charge is 0.325 e. The van der Waals surface area contributed by atoms with E-state index in [0.717, 1.165) is 6.42 Å². The van der Waals surface area contributed by atoms with E-state index in [4.69, 9.17) is 0 Å². The molecule has 2 aliphatic rings. The third-order valence-corrected chi connectivity index (χ3v) is 6.81. The smallest absolute Gasteiger partial charge is 0.0843 e. The third-order valence-electron chi connectivity index (χ3n) is 6.81. The van der Waals surface area contributed by atoms with Gasteiger partial charge in [0.1, 0.15) is 0 Å². The van der Waals surface area contributed by atoms with Gasteiger partial charge >= 0.3 is 0 Å². The summed E-state index contributed by atoms with van der Waals surface area (Å²) in [6.07, 6.45) is 16.4. The average Bonchev–Trinajstić information content (AvgIpc) is 2.82. The summed E-state index contributed by atoms with van der Waals surface area (Å²) in [5, 5.41) is 0. The highest BCUT2D eigenvalue weighted by Crippen LogP contribution is 2.54. The molecule has 1 unspecified atom stereocenters. The number of hydrogen-bond donors (Lipinski definition) is 0. The third kappa shape index (κ3) is 4.13. The molecule has 128 valence electrons. The van der Waals surface area contributed by atoms with Gasteiger partial charge in [-0.15, -0.1) is 0 Å². The Bertz CT molecular complexity index is 358. The second-order valence-corrected chi connectivity index (χ2v) is 8.70. The first-order valence-corrected chi connectivity index (χ1v) is 9.75. The van der Waals surface area contributed by atoms with Gasteiger partial charge in [-0.25, -0.2) is 0 Å². The lowest BCUT2D eigenvalue weighted by Crippen LogP contribution is -2.45. The lowest BCUT2D eigenvalue weighted by Gasteiger charge is -2.45. The van der Waals surface area contributed by atoms with Gasteiger partial charge in [0.25, 0.3) is 0 Å². The van der Waals surface area contributed by atoms with E-state index in [1.165, 1.54) is 81.9 Å². The van der Waals surface area contributed by atoms with Crippen molar-refractivity contribution >= 4 is 6.21 Å². The molecule has 0 bridgehead atoms. The molecular formula is C20H39N2+. The maximum absolute atomic E-state index is 4.16. The van der Waals surface area contributed by atoms with Crippen LogP contribution in [0.4, 0.5) is 0 Å². The van der Waals surface area contributed by atoms with Gasteiger partial charge in [-0.1, -0.05) is 26.7 Å². The molecule has 1 spiro atoms. The molecule has 1 atom stereocenters. The molecule has 1 saturated carbocycles. The van der Waals surface area contributed by atoms with Gasteiger partial charge in [-0.05, 0) is 43.9 Å². The van der Waals surface area contributed by atoms with Crippen LogP contribution in [0.2, 0.25) is 0 Å². The molecule has 0 amide bonds. The van der Waals surface area contributed by atoms with Crippen LogP contribution in [-0.4, -0.2) is 44.4 Å². The van der Waals surface area contributed by atoms with Crippen molar-refractivity contribution in [3.8, 4) is 0 Å². The van der Waals surface area contributed by atoms with Crippen molar-refractivity contribution in [2.24, 2.45) is 15.8 Å². The summed E-state index contributed by atoms with van der Waals surface area (Å²) in [6.45, 7) is 8.86. The Morgan fingerprint density at radius 3 is 2.18 bits per heavy atom. The van der Waals surface area contributed by atoms with Crippen LogP contribution in [-0.2, 0) is 0 Å². The highest BCUT2D eigenvalue weighted by Gasteiger charge is 2.50. The summed E-state index contributed by atoms with van der Waals surface area (Å²) in [4.78, 5) is 4.16. The van der Waals surface area contributed by atoms with Gasteiger partial charge in [0.05, 0.1) is 26.7 Å². The minimum Gasteiger partial charge on any atom is -0.325 e. The Balaban J connectivity index is 1.93. The predicted octanol–water partition coefficient (Wildman–Crippen LogP) is 5.07. The fraction of sp³-hybridized carbons (Fsp3) is 0.950. The molecule has 1 aliphatic heterocycles. The monoisotopic (exact) mass is 307 g/mol. The maximum atomic E-state index is 4.16. The van der Waals surface area contributed by atoms with E-state index < -0.39 is 0 Å². The van der Waals surface area contributed by atoms with E-state index in [2.05, 4.69) is 32.1 Å². The predicted molar refractivity (Wildman–Crippen MR) is 97.6 cm³/mol. The molecule has 0 aromatic rings. The summed E-state index contributed by atoms with van der Waals surface area (Å²) >= 11 is 0. The molecule has 0 aromatic heterocycles. The van der Waals surface area contributed by atoms with Crippen LogP contribution >= 0.6 is 0 Å². The number of hydrogen-bond acceptors (Lipinski definition) is 1. The van der Waals surface area contributed by atoms with Gasteiger partial charge in [0, 0.05) is 31.5 Å². The zero-order valence-electron chi connectivity index (χ0n) is 15.7. The zero-order chi connectivity index (χ0) is 16.1. The minimum absolute atomic E-state index is 0.684. The molecule has 2 rings (SSSR count). The summed E-state index contributed by atoms with van der Waals surface area (Å²) in [6, 6.07) is 0. The Labute approximate surface area is 139 Å². The second-order valence-electron chi connectivity index (χ2n) is 8.70. The molecule has 2 fully saturated rings. The van der Waals surface area contributed by atoms with Crippen molar-refractivity contribution in [3.63, 3.8) is 0 Å². The first-order valence-electron chi connectivity index (χ1n) is 9.75. The van der Waals surface area contributed by atoms with Crippen molar-refractivity contribution < 1.29 is 4.48 Å². The van der Waals surface area contributed by atoms with Gasteiger partial charge < -0.3 is 9.48 Å². The quantitative estimate of drug-likeness (QED) is 0.460. The lowest BCUT2D eigenvalue weighted by atomic mass is 9.60. The molecule has 0 aromatic carbocycles. The number of aliphatic imine (C=N–C) groups is 1. The van der Waals surface area contributed by atoms with E-state index in [0.29, 0.717) is 10.8 Å². The van der Waals surface area contributed by atoms with Crippen molar-refractivity contribution in [1.82, 2.24) is 0 Å². The Hall–Kier alpha value is -0.370. The summed E-state index contributed by atoms with van der Waals surface area (Å²) in [7, 11) is 4.38. The van der Waals surface area contributed by atoms with Crippen LogP contribution in [0.5, 0.6) is 0 Å². The average molecular weight is 308 g/mol. The maximum Gasteiger partial charge on any atom is 0.0843 e. The highest BCUT2D eigenvalue weighted by atomic mass is 15.4. The van der Waals surface area contributed by atoms with E-state index >= 15 is 0 Å². The van der Waals surface area contributed by atoms with Gasteiger partial charge in [-0.2, -0.15) is 0 Å². The van der Waals surface area contributed by atoms with Crippen LogP contribution in [0, 0.1) is 10.8 Å². The van der Waals surface area contributed by atoms with Crippen molar-refractivity contribution in [2.75, 3.05) is 33.7 Å². The summed E-state index contributed by atoms with van der Waals surface area (Å²) in [5.41, 5.74) is 1.39. The first kappa shape index (κ1) is 18.0. The lowest BCUT2D eigenvalue weighted by molar-refractivity contribution is -0.900.